The van der Waals surface area contributed by atoms with E-state index in [0.717, 1.165) is 106 Å². The molecule has 5 heterocycles. The van der Waals surface area contributed by atoms with E-state index < -0.39 is 0 Å². The minimum Gasteiger partial charge on any atom is -0.309 e. The Morgan fingerprint density at radius 1 is 0.188 bits per heavy atom. The van der Waals surface area contributed by atoms with Gasteiger partial charge in [-0.3, -0.25) is 0 Å². The average molecular weight is 1220 g/mol. The fourth-order valence-electron chi connectivity index (χ4n) is 15.6. The van der Waals surface area contributed by atoms with Gasteiger partial charge in [0, 0.05) is 82.4 Å². The van der Waals surface area contributed by atoms with Crippen molar-refractivity contribution in [3.8, 4) is 78.8 Å². The number of para-hydroxylation sites is 6. The zero-order valence-corrected chi connectivity index (χ0v) is 52.0. The van der Waals surface area contributed by atoms with Crippen molar-refractivity contribution in [2.24, 2.45) is 0 Å². The molecule has 0 bridgehead atoms. The molecule has 0 radical (unpaired) electrons. The SMILES string of the molecule is c1ccc(-c2cccc(-c3nc(-c4cc(-n5c6ccccc6c6cc(-c7ccc8c(c7)c7ccccc7n8-c7ccccc7)ccc65)cc(-n5c6ccccc6c6cc(-c7ccc8c(c7)c7ccccc7n8-c7ccccc7)ccc65)c4)c4c(ccc5ccccc54)n3)c2)cc1. The summed E-state index contributed by atoms with van der Waals surface area (Å²) in [6.45, 7) is 0. The maximum absolute atomic E-state index is 5.80. The largest absolute Gasteiger partial charge is 0.309 e. The Labute approximate surface area is 552 Å². The first-order valence-electron chi connectivity index (χ1n) is 32.9. The van der Waals surface area contributed by atoms with Gasteiger partial charge in [-0.1, -0.05) is 212 Å². The van der Waals surface area contributed by atoms with Crippen LogP contribution in [0, 0.1) is 0 Å². The third-order valence-corrected chi connectivity index (χ3v) is 19.9. The highest BCUT2D eigenvalue weighted by atomic mass is 15.0. The molecule has 0 atom stereocenters. The van der Waals surface area contributed by atoms with Crippen LogP contribution >= 0.6 is 0 Å². The summed E-state index contributed by atoms with van der Waals surface area (Å²) < 4.78 is 9.71. The van der Waals surface area contributed by atoms with Crippen molar-refractivity contribution < 1.29 is 0 Å². The van der Waals surface area contributed by atoms with Gasteiger partial charge in [0.15, 0.2) is 5.82 Å². The van der Waals surface area contributed by atoms with Crippen LogP contribution < -0.4 is 0 Å². The van der Waals surface area contributed by atoms with Crippen molar-refractivity contribution in [2.75, 3.05) is 0 Å². The number of aromatic nitrogens is 6. The zero-order chi connectivity index (χ0) is 63.0. The first-order chi connectivity index (χ1) is 47.6. The first kappa shape index (κ1) is 53.7. The molecule has 0 aliphatic carbocycles. The number of rotatable bonds is 9. The number of nitrogens with zero attached hydrogens (tertiary/aromatic N) is 6. The minimum absolute atomic E-state index is 0.664. The third-order valence-electron chi connectivity index (χ3n) is 19.9. The molecule has 20 aromatic rings. The highest BCUT2D eigenvalue weighted by molar-refractivity contribution is 6.17. The lowest BCUT2D eigenvalue weighted by atomic mass is 9.98. The van der Waals surface area contributed by atoms with Crippen molar-refractivity contribution in [2.45, 2.75) is 0 Å². The van der Waals surface area contributed by atoms with Crippen LogP contribution in [-0.2, 0) is 0 Å². The fourth-order valence-corrected chi connectivity index (χ4v) is 15.6. The van der Waals surface area contributed by atoms with E-state index >= 15 is 0 Å². The van der Waals surface area contributed by atoms with Crippen molar-refractivity contribution in [3.63, 3.8) is 0 Å². The minimum atomic E-state index is 0.664. The molecule has 0 spiro atoms. The maximum atomic E-state index is 5.80. The van der Waals surface area contributed by atoms with E-state index in [1.54, 1.807) is 0 Å². The number of hydrogen-bond donors (Lipinski definition) is 0. The van der Waals surface area contributed by atoms with Gasteiger partial charge in [-0.2, -0.15) is 0 Å². The summed E-state index contributed by atoms with van der Waals surface area (Å²) in [6.07, 6.45) is 0. The highest BCUT2D eigenvalue weighted by Crippen LogP contribution is 2.44. The predicted octanol–water partition coefficient (Wildman–Crippen LogP) is 23.5. The van der Waals surface area contributed by atoms with E-state index in [-0.39, 0.29) is 0 Å². The lowest BCUT2D eigenvalue weighted by molar-refractivity contribution is 1.13. The van der Waals surface area contributed by atoms with Crippen molar-refractivity contribution in [1.82, 2.24) is 28.2 Å². The number of fused-ring (bicyclic) bond motifs is 15. The van der Waals surface area contributed by atoms with Gasteiger partial charge >= 0.3 is 0 Å². The monoisotopic (exact) mass is 1220 g/mol. The summed E-state index contributed by atoms with van der Waals surface area (Å²) in [6, 6.07) is 124. The molecule has 0 unspecified atom stereocenters. The second-order valence-corrected chi connectivity index (χ2v) is 25.3. The number of hydrogen-bond acceptors (Lipinski definition) is 2. The summed E-state index contributed by atoms with van der Waals surface area (Å²) in [5.74, 6) is 0.664. The molecule has 96 heavy (non-hydrogen) atoms. The fraction of sp³-hybridized carbons (Fsp3) is 0. The van der Waals surface area contributed by atoms with Gasteiger partial charge < -0.3 is 18.3 Å². The van der Waals surface area contributed by atoms with Gasteiger partial charge in [0.1, 0.15) is 0 Å². The zero-order valence-electron chi connectivity index (χ0n) is 52.0. The summed E-state index contributed by atoms with van der Waals surface area (Å²) >= 11 is 0. The molecule has 15 aromatic carbocycles. The van der Waals surface area contributed by atoms with E-state index in [1.807, 2.05) is 0 Å². The predicted molar refractivity (Wildman–Crippen MR) is 402 cm³/mol. The van der Waals surface area contributed by atoms with Crippen LogP contribution in [0.2, 0.25) is 0 Å². The van der Waals surface area contributed by atoms with Gasteiger partial charge in [0.2, 0.25) is 0 Å². The van der Waals surface area contributed by atoms with Crippen LogP contribution in [0.4, 0.5) is 0 Å². The Kier molecular flexibility index (Phi) is 11.9. The Morgan fingerprint density at radius 2 is 0.542 bits per heavy atom. The van der Waals surface area contributed by atoms with Gasteiger partial charge in [-0.15, -0.1) is 0 Å². The molecule has 0 saturated heterocycles. The molecule has 6 nitrogen and oxygen atoms in total. The quantitative estimate of drug-likeness (QED) is 0.135. The van der Waals surface area contributed by atoms with E-state index in [0.29, 0.717) is 5.82 Å². The molecule has 0 N–H and O–H groups in total. The van der Waals surface area contributed by atoms with Crippen LogP contribution in [0.5, 0.6) is 0 Å². The van der Waals surface area contributed by atoms with Crippen LogP contribution in [0.15, 0.2) is 340 Å². The second-order valence-electron chi connectivity index (χ2n) is 25.3. The van der Waals surface area contributed by atoms with Gasteiger partial charge in [-0.05, 0) is 172 Å². The lowest BCUT2D eigenvalue weighted by Gasteiger charge is -2.18. The topological polar surface area (TPSA) is 45.5 Å². The van der Waals surface area contributed by atoms with Gasteiger partial charge in [0.05, 0.1) is 55.3 Å². The molecule has 20 rings (SSSR count). The maximum Gasteiger partial charge on any atom is 0.160 e. The summed E-state index contributed by atoms with van der Waals surface area (Å²) in [5.41, 5.74) is 24.1. The van der Waals surface area contributed by atoms with Crippen molar-refractivity contribution >= 4 is 109 Å². The van der Waals surface area contributed by atoms with Gasteiger partial charge in [0.25, 0.3) is 0 Å². The molecule has 0 fully saturated rings. The molecule has 5 aromatic heterocycles. The highest BCUT2D eigenvalue weighted by Gasteiger charge is 2.23. The molecular formula is C90H56N6. The third kappa shape index (κ3) is 8.39. The Hall–Kier alpha value is -12.9. The van der Waals surface area contributed by atoms with E-state index in [1.165, 1.54) is 76.3 Å². The summed E-state index contributed by atoms with van der Waals surface area (Å²) in [7, 11) is 0. The molecule has 0 saturated carbocycles. The van der Waals surface area contributed by atoms with Crippen LogP contribution in [0.3, 0.4) is 0 Å². The Bertz CT molecular complexity index is 6270. The lowest BCUT2D eigenvalue weighted by Crippen LogP contribution is -2.02. The molecule has 6 heteroatoms. The average Bonchev–Trinajstić information content (AvgIpc) is 1.47. The molecule has 0 amide bonds. The first-order valence-corrected chi connectivity index (χ1v) is 32.9. The summed E-state index contributed by atoms with van der Waals surface area (Å²) in [4.78, 5) is 11.3. The number of benzene rings is 15. The van der Waals surface area contributed by atoms with E-state index in [2.05, 4.69) is 358 Å². The van der Waals surface area contributed by atoms with E-state index in [9.17, 15) is 0 Å². The summed E-state index contributed by atoms with van der Waals surface area (Å²) in [5, 5.41) is 12.8. The van der Waals surface area contributed by atoms with Gasteiger partial charge in [-0.25, -0.2) is 9.97 Å². The Morgan fingerprint density at radius 3 is 1.00 bits per heavy atom. The molecule has 0 aliphatic rings. The Balaban J connectivity index is 0.817. The molecular weight excluding hydrogens is 1170 g/mol. The van der Waals surface area contributed by atoms with Crippen LogP contribution in [0.1, 0.15) is 0 Å². The van der Waals surface area contributed by atoms with E-state index in [4.69, 9.17) is 9.97 Å². The smallest absolute Gasteiger partial charge is 0.160 e. The van der Waals surface area contributed by atoms with Crippen LogP contribution in [0.25, 0.3) is 188 Å². The molecule has 0 aliphatic heterocycles. The van der Waals surface area contributed by atoms with Crippen LogP contribution in [-0.4, -0.2) is 28.2 Å². The molecule has 446 valence electrons. The standard InChI is InChI=1S/C90H56N6/c1-4-21-57(22-5-1)59-24-20-25-64(49-59)90-91-79-44-39-58-23-10-11-30-70(58)88(79)89(92-90)65-50-68(95-82-37-18-14-33-73(82)77-54-62(42-47-86(77)95)60-40-45-84-75(52-60)71-31-12-16-35-80(71)93(84)66-26-6-2-7-27-66)56-69(51-65)96-83-38-19-15-34-74(83)78-55-63(43-48-87(78)96)61-41-46-85-76(53-61)72-32-13-17-36-81(72)94(85)67-28-8-3-9-29-67/h1-56H. The van der Waals surface area contributed by atoms with Crippen molar-refractivity contribution in [1.29, 1.82) is 0 Å². The normalized spacial score (nSPS) is 12.0. The second kappa shape index (κ2) is 21.3. The van der Waals surface area contributed by atoms with Crippen molar-refractivity contribution in [3.05, 3.63) is 340 Å².